The van der Waals surface area contributed by atoms with Crippen molar-refractivity contribution in [2.24, 2.45) is 5.92 Å². The van der Waals surface area contributed by atoms with Gasteiger partial charge in [-0.2, -0.15) is 0 Å². The number of carboxylic acid groups (broad SMARTS) is 1. The highest BCUT2D eigenvalue weighted by atomic mass is 16.4. The second-order valence-corrected chi connectivity index (χ2v) is 5.73. The topological polar surface area (TPSA) is 78.4 Å². The molecule has 1 aliphatic rings. The van der Waals surface area contributed by atoms with Crippen LogP contribution in [0.2, 0.25) is 0 Å². The van der Waals surface area contributed by atoms with Gasteiger partial charge in [0.15, 0.2) is 0 Å². The van der Waals surface area contributed by atoms with Gasteiger partial charge in [0.2, 0.25) is 0 Å². The minimum atomic E-state index is -0.959. The summed E-state index contributed by atoms with van der Waals surface area (Å²) in [4.78, 5) is 22.6. The summed E-state index contributed by atoms with van der Waals surface area (Å²) >= 11 is 0. The first-order valence-corrected chi connectivity index (χ1v) is 7.90. The summed E-state index contributed by atoms with van der Waals surface area (Å²) in [5.41, 5.74) is 0. The molecular weight excluding hydrogens is 256 g/mol. The van der Waals surface area contributed by atoms with E-state index < -0.39 is 12.0 Å². The van der Waals surface area contributed by atoms with E-state index in [1.807, 2.05) is 6.92 Å². The Morgan fingerprint density at radius 2 is 1.95 bits per heavy atom. The van der Waals surface area contributed by atoms with Gasteiger partial charge in [-0.25, -0.2) is 9.59 Å². The predicted molar refractivity (Wildman–Crippen MR) is 78.7 cm³/mol. The summed E-state index contributed by atoms with van der Waals surface area (Å²) in [5, 5.41) is 14.3. The standard InChI is InChI=1S/C15H28N2O3/c1-2-3-10-13(14(18)19)17-15(20)16-11-6-9-12-7-4-5-8-12/h12-13H,2-11H2,1H3,(H,18,19)(H2,16,17,20). The second kappa shape index (κ2) is 9.61. The maximum Gasteiger partial charge on any atom is 0.326 e. The summed E-state index contributed by atoms with van der Waals surface area (Å²) in [6.45, 7) is 2.63. The molecule has 1 rings (SSSR count). The molecule has 0 radical (unpaired) electrons. The normalized spacial score (nSPS) is 16.9. The van der Waals surface area contributed by atoms with Crippen LogP contribution in [0, 0.1) is 5.92 Å². The highest BCUT2D eigenvalue weighted by Gasteiger charge is 2.19. The van der Waals surface area contributed by atoms with Crippen molar-refractivity contribution in [2.75, 3.05) is 6.54 Å². The number of carboxylic acids is 1. The predicted octanol–water partition coefficient (Wildman–Crippen LogP) is 2.90. The number of unbranched alkanes of at least 4 members (excludes halogenated alkanes) is 1. The number of hydrogen-bond donors (Lipinski definition) is 3. The molecule has 0 aromatic carbocycles. The first kappa shape index (κ1) is 16.8. The van der Waals surface area contributed by atoms with E-state index in [4.69, 9.17) is 5.11 Å². The molecule has 20 heavy (non-hydrogen) atoms. The van der Waals surface area contributed by atoms with Gasteiger partial charge in [0, 0.05) is 6.54 Å². The summed E-state index contributed by atoms with van der Waals surface area (Å²) in [6, 6.07) is -1.13. The van der Waals surface area contributed by atoms with E-state index >= 15 is 0 Å². The fourth-order valence-electron chi connectivity index (χ4n) is 2.77. The van der Waals surface area contributed by atoms with Crippen LogP contribution in [0.1, 0.15) is 64.7 Å². The quantitative estimate of drug-likeness (QED) is 0.570. The van der Waals surface area contributed by atoms with Crippen molar-refractivity contribution < 1.29 is 14.7 Å². The van der Waals surface area contributed by atoms with Crippen LogP contribution >= 0.6 is 0 Å². The summed E-state index contributed by atoms with van der Waals surface area (Å²) in [6.07, 6.45) is 9.69. The van der Waals surface area contributed by atoms with Gasteiger partial charge in [0.25, 0.3) is 0 Å². The molecule has 1 fully saturated rings. The molecule has 0 spiro atoms. The lowest BCUT2D eigenvalue weighted by molar-refractivity contribution is -0.139. The zero-order valence-corrected chi connectivity index (χ0v) is 12.5. The van der Waals surface area contributed by atoms with Crippen LogP contribution in [-0.4, -0.2) is 29.7 Å². The highest BCUT2D eigenvalue weighted by molar-refractivity contribution is 5.82. The summed E-state index contributed by atoms with van der Waals surface area (Å²) in [7, 11) is 0. The Morgan fingerprint density at radius 1 is 1.25 bits per heavy atom. The Hall–Kier alpha value is -1.26. The SMILES string of the molecule is CCCCC(NC(=O)NCCCC1CCCC1)C(=O)O. The van der Waals surface area contributed by atoms with E-state index in [9.17, 15) is 9.59 Å². The fourth-order valence-corrected chi connectivity index (χ4v) is 2.77. The minimum absolute atomic E-state index is 0.361. The van der Waals surface area contributed by atoms with Crippen LogP contribution in [0.3, 0.4) is 0 Å². The van der Waals surface area contributed by atoms with Gasteiger partial charge in [0.05, 0.1) is 0 Å². The number of rotatable bonds is 9. The highest BCUT2D eigenvalue weighted by Crippen LogP contribution is 2.28. The van der Waals surface area contributed by atoms with Gasteiger partial charge in [-0.3, -0.25) is 0 Å². The van der Waals surface area contributed by atoms with Gasteiger partial charge in [0.1, 0.15) is 6.04 Å². The van der Waals surface area contributed by atoms with Crippen molar-refractivity contribution in [1.29, 1.82) is 0 Å². The van der Waals surface area contributed by atoms with Crippen LogP contribution in [0.4, 0.5) is 4.79 Å². The number of hydrogen-bond acceptors (Lipinski definition) is 2. The van der Waals surface area contributed by atoms with E-state index in [2.05, 4.69) is 10.6 Å². The number of amides is 2. The molecule has 116 valence electrons. The van der Waals surface area contributed by atoms with Crippen LogP contribution in [0.5, 0.6) is 0 Å². The van der Waals surface area contributed by atoms with Crippen molar-refractivity contribution in [3.63, 3.8) is 0 Å². The molecule has 0 aromatic rings. The van der Waals surface area contributed by atoms with Gasteiger partial charge in [-0.05, 0) is 25.2 Å². The van der Waals surface area contributed by atoms with Crippen molar-refractivity contribution >= 4 is 12.0 Å². The molecule has 0 aliphatic heterocycles. The van der Waals surface area contributed by atoms with Crippen LogP contribution in [0.15, 0.2) is 0 Å². The van der Waals surface area contributed by atoms with E-state index in [0.717, 1.165) is 25.2 Å². The smallest absolute Gasteiger partial charge is 0.326 e. The summed E-state index contributed by atoms with van der Waals surface area (Å²) < 4.78 is 0. The van der Waals surface area contributed by atoms with Gasteiger partial charge < -0.3 is 15.7 Å². The van der Waals surface area contributed by atoms with Crippen LogP contribution < -0.4 is 10.6 Å². The molecule has 1 saturated carbocycles. The molecule has 3 N–H and O–H groups in total. The molecule has 0 saturated heterocycles. The zero-order valence-electron chi connectivity index (χ0n) is 12.5. The molecule has 0 aromatic heterocycles. The summed E-state index contributed by atoms with van der Waals surface area (Å²) in [5.74, 6) is -0.129. The average Bonchev–Trinajstić information content (AvgIpc) is 2.92. The van der Waals surface area contributed by atoms with Crippen LogP contribution in [-0.2, 0) is 4.79 Å². The molecule has 5 heteroatoms. The number of urea groups is 1. The number of carbonyl (C=O) groups excluding carboxylic acids is 1. The van der Waals surface area contributed by atoms with Crippen molar-refractivity contribution in [2.45, 2.75) is 70.8 Å². The van der Waals surface area contributed by atoms with Crippen LogP contribution in [0.25, 0.3) is 0 Å². The maximum absolute atomic E-state index is 11.6. The van der Waals surface area contributed by atoms with E-state index in [1.165, 1.54) is 32.1 Å². The minimum Gasteiger partial charge on any atom is -0.480 e. The zero-order chi connectivity index (χ0) is 14.8. The molecule has 1 atom stereocenters. The van der Waals surface area contributed by atoms with Crippen molar-refractivity contribution in [3.8, 4) is 0 Å². The van der Waals surface area contributed by atoms with Crippen molar-refractivity contribution in [3.05, 3.63) is 0 Å². The molecule has 0 heterocycles. The lowest BCUT2D eigenvalue weighted by atomic mass is 10.0. The largest absolute Gasteiger partial charge is 0.480 e. The average molecular weight is 284 g/mol. The number of nitrogens with one attached hydrogen (secondary N) is 2. The third kappa shape index (κ3) is 6.78. The first-order chi connectivity index (χ1) is 9.63. The Bertz CT molecular complexity index is 301. The molecule has 1 unspecified atom stereocenters. The van der Waals surface area contributed by atoms with Gasteiger partial charge in [-0.15, -0.1) is 0 Å². The van der Waals surface area contributed by atoms with E-state index in [-0.39, 0.29) is 6.03 Å². The fraction of sp³-hybridized carbons (Fsp3) is 0.867. The maximum atomic E-state index is 11.6. The Kier molecular flexibility index (Phi) is 8.07. The molecule has 1 aliphatic carbocycles. The van der Waals surface area contributed by atoms with Gasteiger partial charge >= 0.3 is 12.0 Å². The Labute approximate surface area is 121 Å². The number of aliphatic carboxylic acids is 1. The lowest BCUT2D eigenvalue weighted by Gasteiger charge is -2.15. The third-order valence-corrected chi connectivity index (χ3v) is 4.00. The molecule has 5 nitrogen and oxygen atoms in total. The lowest BCUT2D eigenvalue weighted by Crippen LogP contribution is -2.46. The van der Waals surface area contributed by atoms with Gasteiger partial charge in [-0.1, -0.05) is 45.4 Å². The first-order valence-electron chi connectivity index (χ1n) is 7.90. The second-order valence-electron chi connectivity index (χ2n) is 5.73. The van der Waals surface area contributed by atoms with E-state index in [0.29, 0.717) is 13.0 Å². The van der Waals surface area contributed by atoms with Crippen molar-refractivity contribution in [1.82, 2.24) is 10.6 Å². The molecular formula is C15H28N2O3. The Morgan fingerprint density at radius 3 is 2.55 bits per heavy atom. The molecule has 2 amide bonds. The van der Waals surface area contributed by atoms with E-state index in [1.54, 1.807) is 0 Å². The number of carbonyl (C=O) groups is 2. The monoisotopic (exact) mass is 284 g/mol. The molecule has 0 bridgehead atoms. The Balaban J connectivity index is 2.12. The third-order valence-electron chi connectivity index (χ3n) is 4.00.